The number of hydrogen-bond acceptors (Lipinski definition) is 4. The Kier molecular flexibility index (Phi) is 6.35. The summed E-state index contributed by atoms with van der Waals surface area (Å²) < 4.78 is 11.4. The third-order valence-electron chi connectivity index (χ3n) is 3.74. The molecule has 1 fully saturated rings. The third-order valence-corrected chi connectivity index (χ3v) is 4.62. The Morgan fingerprint density at radius 1 is 1.35 bits per heavy atom. The first-order chi connectivity index (χ1) is 12.0. The van der Waals surface area contributed by atoms with Gasteiger partial charge < -0.3 is 14.4 Å². The second kappa shape index (κ2) is 8.13. The van der Waals surface area contributed by atoms with E-state index in [1.165, 1.54) is 0 Å². The minimum atomic E-state index is -1.43. The van der Waals surface area contributed by atoms with E-state index < -0.39 is 13.7 Å². The Bertz CT molecular complexity index is 695. The van der Waals surface area contributed by atoms with Gasteiger partial charge in [-0.2, -0.15) is 0 Å². The number of carbonyl (C=O) groups is 1. The molecule has 5 nitrogen and oxygen atoms in total. The van der Waals surface area contributed by atoms with Crippen molar-refractivity contribution >= 4 is 14.2 Å². The highest BCUT2D eigenvalue weighted by atomic mass is 28.3. The lowest BCUT2D eigenvalue weighted by atomic mass is 10.2. The van der Waals surface area contributed by atoms with Crippen molar-refractivity contribution in [3.63, 3.8) is 0 Å². The zero-order valence-electron chi connectivity index (χ0n) is 16.8. The van der Waals surface area contributed by atoms with Crippen molar-refractivity contribution in [3.05, 3.63) is 24.0 Å². The van der Waals surface area contributed by atoms with Gasteiger partial charge in [-0.05, 0) is 39.7 Å². The van der Waals surface area contributed by atoms with Crippen LogP contribution in [-0.2, 0) is 4.74 Å². The van der Waals surface area contributed by atoms with Crippen LogP contribution in [0.5, 0.6) is 5.75 Å². The Morgan fingerprint density at radius 3 is 2.73 bits per heavy atom. The Hall–Kier alpha value is -2.00. The van der Waals surface area contributed by atoms with E-state index in [9.17, 15) is 4.79 Å². The molecular formula is C20H30N2O3Si. The summed E-state index contributed by atoms with van der Waals surface area (Å²) in [7, 11) is -1.43. The van der Waals surface area contributed by atoms with Crippen LogP contribution in [0.25, 0.3) is 0 Å². The van der Waals surface area contributed by atoms with E-state index in [2.05, 4.69) is 36.1 Å². The minimum absolute atomic E-state index is 0.0292. The lowest BCUT2D eigenvalue weighted by Gasteiger charge is -2.28. The van der Waals surface area contributed by atoms with Crippen LogP contribution in [0.3, 0.4) is 0 Å². The van der Waals surface area contributed by atoms with Gasteiger partial charge in [-0.15, -0.1) is 5.54 Å². The summed E-state index contributed by atoms with van der Waals surface area (Å²) in [6.07, 6.45) is 5.06. The zero-order chi connectivity index (χ0) is 19.4. The molecule has 0 aromatic carbocycles. The summed E-state index contributed by atoms with van der Waals surface area (Å²) in [5.41, 5.74) is 3.70. The van der Waals surface area contributed by atoms with E-state index in [4.69, 9.17) is 9.47 Å². The standard InChI is InChI=1S/C20H30N2O3Si/c1-20(2,3)25-19(23)22-10-7-8-17(22)15-24-18-12-16(13-21-14-18)9-11-26(4,5)6/h12-14,17H,7-8,10,15H2,1-6H3/t17-/m0/s1. The SMILES string of the molecule is CC(C)(C)OC(=O)N1CCC[C@H]1COc1cncc(C#C[Si](C)(C)C)c1. The monoisotopic (exact) mass is 374 g/mol. The van der Waals surface area contributed by atoms with Crippen molar-refractivity contribution in [1.82, 2.24) is 9.88 Å². The topological polar surface area (TPSA) is 51.7 Å². The van der Waals surface area contributed by atoms with Crippen molar-refractivity contribution < 1.29 is 14.3 Å². The molecule has 1 atom stereocenters. The van der Waals surface area contributed by atoms with Gasteiger partial charge in [0.2, 0.25) is 0 Å². The number of nitrogens with zero attached hydrogens (tertiary/aromatic N) is 2. The van der Waals surface area contributed by atoms with Crippen LogP contribution in [0.2, 0.25) is 19.6 Å². The van der Waals surface area contributed by atoms with Crippen molar-refractivity contribution in [1.29, 1.82) is 0 Å². The molecule has 0 bridgehead atoms. The van der Waals surface area contributed by atoms with Gasteiger partial charge in [0.25, 0.3) is 0 Å². The second-order valence-corrected chi connectivity index (χ2v) is 13.4. The molecule has 0 spiro atoms. The molecule has 1 aliphatic rings. The van der Waals surface area contributed by atoms with E-state index in [1.807, 2.05) is 26.8 Å². The highest BCUT2D eigenvalue weighted by molar-refractivity contribution is 6.83. The molecule has 0 aliphatic carbocycles. The normalized spacial score (nSPS) is 17.5. The first-order valence-corrected chi connectivity index (χ1v) is 12.6. The highest BCUT2D eigenvalue weighted by Gasteiger charge is 2.32. The fourth-order valence-corrected chi connectivity index (χ4v) is 3.11. The Labute approximate surface area is 158 Å². The van der Waals surface area contributed by atoms with Crippen LogP contribution in [-0.4, -0.2) is 48.8 Å². The number of pyridine rings is 1. The van der Waals surface area contributed by atoms with Gasteiger partial charge >= 0.3 is 6.09 Å². The van der Waals surface area contributed by atoms with Gasteiger partial charge in [0, 0.05) is 18.3 Å². The van der Waals surface area contributed by atoms with Gasteiger partial charge in [0.15, 0.2) is 0 Å². The van der Waals surface area contributed by atoms with E-state index in [1.54, 1.807) is 17.3 Å². The summed E-state index contributed by atoms with van der Waals surface area (Å²) in [5, 5.41) is 0. The fourth-order valence-electron chi connectivity index (χ4n) is 2.59. The van der Waals surface area contributed by atoms with Crippen molar-refractivity contribution in [3.8, 4) is 17.2 Å². The van der Waals surface area contributed by atoms with E-state index in [0.717, 1.165) is 18.4 Å². The predicted molar refractivity (Wildman–Crippen MR) is 106 cm³/mol. The number of aromatic nitrogens is 1. The molecule has 2 rings (SSSR count). The second-order valence-electron chi connectivity index (χ2n) is 8.69. The number of ether oxygens (including phenoxy) is 2. The maximum Gasteiger partial charge on any atom is 0.410 e. The van der Waals surface area contributed by atoms with Gasteiger partial charge in [0.05, 0.1) is 12.2 Å². The molecule has 1 saturated heterocycles. The zero-order valence-corrected chi connectivity index (χ0v) is 17.8. The van der Waals surface area contributed by atoms with Crippen molar-refractivity contribution in [2.45, 2.75) is 64.9 Å². The van der Waals surface area contributed by atoms with E-state index in [-0.39, 0.29) is 12.1 Å². The minimum Gasteiger partial charge on any atom is -0.490 e. The Balaban J connectivity index is 1.97. The van der Waals surface area contributed by atoms with E-state index in [0.29, 0.717) is 18.9 Å². The van der Waals surface area contributed by atoms with Gasteiger partial charge in [-0.25, -0.2) is 4.79 Å². The maximum absolute atomic E-state index is 12.3. The predicted octanol–water partition coefficient (Wildman–Crippen LogP) is 4.09. The largest absolute Gasteiger partial charge is 0.490 e. The quantitative estimate of drug-likeness (QED) is 0.591. The number of likely N-dealkylation sites (tertiary alicyclic amines) is 1. The molecule has 2 heterocycles. The fraction of sp³-hybridized carbons (Fsp3) is 0.600. The molecule has 0 unspecified atom stereocenters. The molecule has 26 heavy (non-hydrogen) atoms. The molecule has 1 aromatic rings. The number of carbonyl (C=O) groups excluding carboxylic acids is 1. The number of hydrogen-bond donors (Lipinski definition) is 0. The smallest absolute Gasteiger partial charge is 0.410 e. The van der Waals surface area contributed by atoms with Gasteiger partial charge in [0.1, 0.15) is 26.0 Å². The summed E-state index contributed by atoms with van der Waals surface area (Å²) >= 11 is 0. The third kappa shape index (κ3) is 6.72. The van der Waals surface area contributed by atoms with Gasteiger partial charge in [-0.3, -0.25) is 4.98 Å². The first-order valence-electron chi connectivity index (χ1n) is 9.14. The molecule has 1 amide bonds. The molecule has 6 heteroatoms. The van der Waals surface area contributed by atoms with E-state index >= 15 is 0 Å². The van der Waals surface area contributed by atoms with Crippen molar-refractivity contribution in [2.75, 3.05) is 13.2 Å². The van der Waals surface area contributed by atoms with Crippen LogP contribution in [0, 0.1) is 11.5 Å². The summed E-state index contributed by atoms with van der Waals surface area (Å²) in [5.74, 6) is 3.87. The van der Waals surface area contributed by atoms with Crippen LogP contribution < -0.4 is 4.74 Å². The lowest BCUT2D eigenvalue weighted by Crippen LogP contribution is -2.42. The molecule has 1 aliphatic heterocycles. The molecule has 1 aromatic heterocycles. The average molecular weight is 375 g/mol. The maximum atomic E-state index is 12.3. The highest BCUT2D eigenvalue weighted by Crippen LogP contribution is 2.22. The molecule has 0 N–H and O–H groups in total. The molecule has 0 saturated carbocycles. The van der Waals surface area contributed by atoms with Crippen molar-refractivity contribution in [2.24, 2.45) is 0 Å². The van der Waals surface area contributed by atoms with Gasteiger partial charge in [-0.1, -0.05) is 25.6 Å². The van der Waals surface area contributed by atoms with Crippen LogP contribution in [0.4, 0.5) is 4.79 Å². The first kappa shape index (κ1) is 20.3. The van der Waals surface area contributed by atoms with Crippen LogP contribution >= 0.6 is 0 Å². The van der Waals surface area contributed by atoms with Crippen LogP contribution in [0.15, 0.2) is 18.5 Å². The Morgan fingerprint density at radius 2 is 2.08 bits per heavy atom. The summed E-state index contributed by atoms with van der Waals surface area (Å²) in [4.78, 5) is 18.3. The molecule has 0 radical (unpaired) electrons. The molecule has 142 valence electrons. The molecular weight excluding hydrogens is 344 g/mol. The summed E-state index contributed by atoms with van der Waals surface area (Å²) in [6.45, 7) is 13.4. The number of amides is 1. The van der Waals surface area contributed by atoms with Crippen LogP contribution in [0.1, 0.15) is 39.2 Å². The average Bonchev–Trinajstić information content (AvgIpc) is 2.98. The summed E-state index contributed by atoms with van der Waals surface area (Å²) in [6, 6.07) is 1.94. The lowest BCUT2D eigenvalue weighted by molar-refractivity contribution is 0.0187. The number of rotatable bonds is 3.